The molecular weight excluding hydrogens is 295 g/mol. The van der Waals surface area contributed by atoms with Gasteiger partial charge < -0.3 is 4.42 Å². The van der Waals surface area contributed by atoms with Gasteiger partial charge >= 0.3 is 0 Å². The Morgan fingerprint density at radius 2 is 2.11 bits per heavy atom. The molecule has 0 spiro atoms. The number of thioether (sulfide) groups is 1. The number of aryl methyl sites for hydroxylation is 1. The normalized spacial score (nSPS) is 10.6. The van der Waals surface area contributed by atoms with E-state index >= 15 is 0 Å². The molecule has 1 heterocycles. The summed E-state index contributed by atoms with van der Waals surface area (Å²) in [6, 6.07) is 4.78. The van der Waals surface area contributed by atoms with Crippen LogP contribution >= 0.6 is 35.0 Å². The molecule has 94 valence electrons. The maximum Gasteiger partial charge on any atom is 0.277 e. The summed E-state index contributed by atoms with van der Waals surface area (Å²) >= 11 is 12.8. The molecule has 0 saturated carbocycles. The second-order valence-electron chi connectivity index (χ2n) is 3.43. The van der Waals surface area contributed by atoms with Gasteiger partial charge in [0.2, 0.25) is 5.89 Å². The Balaban J connectivity index is 2.01. The highest BCUT2D eigenvalue weighted by atomic mass is 35.5. The summed E-state index contributed by atoms with van der Waals surface area (Å²) in [6.07, 6.45) is 0. The van der Waals surface area contributed by atoms with Crippen molar-refractivity contribution in [2.24, 2.45) is 0 Å². The molecule has 18 heavy (non-hydrogen) atoms. The number of rotatable bonds is 4. The summed E-state index contributed by atoms with van der Waals surface area (Å²) in [5.74, 6) is 0.605. The number of nitrogens with zero attached hydrogens (tertiary/aromatic N) is 2. The van der Waals surface area contributed by atoms with E-state index in [0.717, 1.165) is 0 Å². The van der Waals surface area contributed by atoms with E-state index in [1.165, 1.54) is 11.8 Å². The van der Waals surface area contributed by atoms with Gasteiger partial charge in [-0.15, -0.1) is 10.2 Å². The molecule has 2 aromatic rings. The molecule has 2 rings (SSSR count). The van der Waals surface area contributed by atoms with Crippen LogP contribution in [0, 0.1) is 6.92 Å². The van der Waals surface area contributed by atoms with E-state index in [4.69, 9.17) is 27.6 Å². The van der Waals surface area contributed by atoms with Gasteiger partial charge in [-0.2, -0.15) is 0 Å². The van der Waals surface area contributed by atoms with Crippen LogP contribution in [0.25, 0.3) is 0 Å². The van der Waals surface area contributed by atoms with Crippen molar-refractivity contribution in [2.45, 2.75) is 12.1 Å². The van der Waals surface area contributed by atoms with Gasteiger partial charge in [0.15, 0.2) is 5.78 Å². The summed E-state index contributed by atoms with van der Waals surface area (Å²) < 4.78 is 5.15. The van der Waals surface area contributed by atoms with Gasteiger partial charge in [-0.1, -0.05) is 35.0 Å². The van der Waals surface area contributed by atoms with E-state index in [1.807, 2.05) is 0 Å². The number of ketones is 1. The van der Waals surface area contributed by atoms with Crippen LogP contribution in [0.1, 0.15) is 16.2 Å². The van der Waals surface area contributed by atoms with Crippen molar-refractivity contribution >= 4 is 40.7 Å². The number of hydrogen-bond acceptors (Lipinski definition) is 5. The molecule has 0 aliphatic rings. The molecule has 0 bridgehead atoms. The molecule has 0 fully saturated rings. The van der Waals surface area contributed by atoms with E-state index in [1.54, 1.807) is 25.1 Å². The monoisotopic (exact) mass is 302 g/mol. The third kappa shape index (κ3) is 3.25. The van der Waals surface area contributed by atoms with Gasteiger partial charge in [0.25, 0.3) is 5.22 Å². The maximum atomic E-state index is 11.9. The molecule has 0 unspecified atom stereocenters. The molecule has 1 aromatic carbocycles. The molecule has 0 saturated heterocycles. The first kappa shape index (κ1) is 13.4. The predicted octanol–water partition coefficient (Wildman–Crippen LogP) is 3.66. The minimum Gasteiger partial charge on any atom is -0.416 e. The number of Topliss-reactive ketones (excluding diaryl/α,β-unsaturated/α-hetero) is 1. The molecule has 0 amide bonds. The van der Waals surface area contributed by atoms with Gasteiger partial charge in [-0.3, -0.25) is 4.79 Å². The number of benzene rings is 1. The number of halogens is 2. The second-order valence-corrected chi connectivity index (χ2v) is 5.17. The van der Waals surface area contributed by atoms with E-state index in [9.17, 15) is 4.79 Å². The first-order valence-electron chi connectivity index (χ1n) is 4.97. The second kappa shape index (κ2) is 5.73. The van der Waals surface area contributed by atoms with E-state index in [2.05, 4.69) is 10.2 Å². The fourth-order valence-corrected chi connectivity index (χ4v) is 2.21. The lowest BCUT2D eigenvalue weighted by Crippen LogP contribution is -2.02. The molecule has 4 nitrogen and oxygen atoms in total. The lowest BCUT2D eigenvalue weighted by atomic mass is 10.1. The van der Waals surface area contributed by atoms with Crippen LogP contribution in [0.3, 0.4) is 0 Å². The third-order valence-electron chi connectivity index (χ3n) is 2.08. The fourth-order valence-electron chi connectivity index (χ4n) is 1.22. The molecule has 7 heteroatoms. The van der Waals surface area contributed by atoms with Crippen LogP contribution in [0.2, 0.25) is 10.0 Å². The third-order valence-corrected chi connectivity index (χ3v) is 3.63. The Hall–Kier alpha value is -1.04. The van der Waals surface area contributed by atoms with E-state index in [0.29, 0.717) is 26.7 Å². The number of hydrogen-bond donors (Lipinski definition) is 0. The molecular formula is C11H8Cl2N2O2S. The first-order valence-corrected chi connectivity index (χ1v) is 6.71. The summed E-state index contributed by atoms with van der Waals surface area (Å²) in [5.41, 5.74) is 0.508. The van der Waals surface area contributed by atoms with Crippen molar-refractivity contribution in [1.82, 2.24) is 10.2 Å². The SMILES string of the molecule is Cc1nnc(SCC(=O)c2ccc(Cl)c(Cl)c2)o1. The zero-order valence-electron chi connectivity index (χ0n) is 9.31. The van der Waals surface area contributed by atoms with Crippen molar-refractivity contribution in [3.8, 4) is 0 Å². The Labute approximate surface area is 118 Å². The summed E-state index contributed by atoms with van der Waals surface area (Å²) in [5, 5.41) is 8.63. The average molecular weight is 303 g/mol. The van der Waals surface area contributed by atoms with Crippen molar-refractivity contribution in [3.63, 3.8) is 0 Å². The molecule has 0 aliphatic carbocycles. The lowest BCUT2D eigenvalue weighted by molar-refractivity contribution is 0.102. The quantitative estimate of drug-likeness (QED) is 0.637. The molecule has 0 aliphatic heterocycles. The van der Waals surface area contributed by atoms with E-state index in [-0.39, 0.29) is 11.5 Å². The van der Waals surface area contributed by atoms with Crippen molar-refractivity contribution in [3.05, 3.63) is 39.7 Å². The highest BCUT2D eigenvalue weighted by Crippen LogP contribution is 2.24. The summed E-state index contributed by atoms with van der Waals surface area (Å²) in [7, 11) is 0. The minimum absolute atomic E-state index is 0.0746. The Bertz CT molecular complexity index is 586. The first-order chi connectivity index (χ1) is 8.56. The zero-order chi connectivity index (χ0) is 13.1. The van der Waals surface area contributed by atoms with Crippen LogP contribution in [0.5, 0.6) is 0 Å². The van der Waals surface area contributed by atoms with Crippen LogP contribution in [-0.4, -0.2) is 21.7 Å². The van der Waals surface area contributed by atoms with Crippen molar-refractivity contribution < 1.29 is 9.21 Å². The number of carbonyl (C=O) groups excluding carboxylic acids is 1. The van der Waals surface area contributed by atoms with Gasteiger partial charge in [0.05, 0.1) is 15.8 Å². The Morgan fingerprint density at radius 1 is 1.33 bits per heavy atom. The smallest absolute Gasteiger partial charge is 0.277 e. The Kier molecular flexibility index (Phi) is 4.27. The molecule has 0 atom stereocenters. The highest BCUT2D eigenvalue weighted by molar-refractivity contribution is 7.99. The van der Waals surface area contributed by atoms with Crippen LogP contribution in [-0.2, 0) is 0 Å². The maximum absolute atomic E-state index is 11.9. The largest absolute Gasteiger partial charge is 0.416 e. The van der Waals surface area contributed by atoms with Gasteiger partial charge in [-0.25, -0.2) is 0 Å². The average Bonchev–Trinajstić information content (AvgIpc) is 2.75. The molecule has 1 aromatic heterocycles. The predicted molar refractivity (Wildman–Crippen MR) is 70.6 cm³/mol. The molecule has 0 N–H and O–H groups in total. The van der Waals surface area contributed by atoms with Gasteiger partial charge in [0.1, 0.15) is 0 Å². The minimum atomic E-state index is -0.0746. The molecule has 0 radical (unpaired) electrons. The number of aromatic nitrogens is 2. The van der Waals surface area contributed by atoms with Gasteiger partial charge in [0, 0.05) is 12.5 Å². The lowest BCUT2D eigenvalue weighted by Gasteiger charge is -2.01. The van der Waals surface area contributed by atoms with E-state index < -0.39 is 0 Å². The fraction of sp³-hybridized carbons (Fsp3) is 0.182. The van der Waals surface area contributed by atoms with Crippen LogP contribution < -0.4 is 0 Å². The topological polar surface area (TPSA) is 56.0 Å². The van der Waals surface area contributed by atoms with Crippen molar-refractivity contribution in [1.29, 1.82) is 0 Å². The standard InChI is InChI=1S/C11H8Cl2N2O2S/c1-6-14-15-11(17-6)18-5-10(16)7-2-3-8(12)9(13)4-7/h2-4H,5H2,1H3. The summed E-state index contributed by atoms with van der Waals surface area (Å²) in [6.45, 7) is 1.69. The Morgan fingerprint density at radius 3 is 2.72 bits per heavy atom. The zero-order valence-corrected chi connectivity index (χ0v) is 11.6. The van der Waals surface area contributed by atoms with Crippen molar-refractivity contribution in [2.75, 3.05) is 5.75 Å². The van der Waals surface area contributed by atoms with Crippen LogP contribution in [0.4, 0.5) is 0 Å². The highest BCUT2D eigenvalue weighted by Gasteiger charge is 2.11. The number of carbonyl (C=O) groups is 1. The van der Waals surface area contributed by atoms with Gasteiger partial charge in [-0.05, 0) is 18.2 Å². The summed E-state index contributed by atoms with van der Waals surface area (Å²) in [4.78, 5) is 11.9. The van der Waals surface area contributed by atoms with Crippen LogP contribution in [0.15, 0.2) is 27.8 Å².